The van der Waals surface area contributed by atoms with Crippen molar-refractivity contribution in [2.45, 2.75) is 25.3 Å². The van der Waals surface area contributed by atoms with E-state index in [0.29, 0.717) is 23.5 Å². The van der Waals surface area contributed by atoms with Gasteiger partial charge in [-0.2, -0.15) is 0 Å². The lowest BCUT2D eigenvalue weighted by molar-refractivity contribution is -0.121. The molecule has 2 aromatic heterocycles. The molecule has 2 aromatic rings. The number of pyridine rings is 1. The number of anilines is 1. The third kappa shape index (κ3) is 3.17. The molecule has 2 amide bonds. The first kappa shape index (κ1) is 14.7. The Balaban J connectivity index is 1.75. The maximum atomic E-state index is 12.6. The SMILES string of the molecule is O=C(Nc1cccnc1)C1CCCCN1C(=O)c1cccs1. The number of hydrogen-bond donors (Lipinski definition) is 1. The van der Waals surface area contributed by atoms with Gasteiger partial charge in [-0.1, -0.05) is 6.07 Å². The zero-order chi connectivity index (χ0) is 15.4. The Hall–Kier alpha value is -2.21. The summed E-state index contributed by atoms with van der Waals surface area (Å²) in [5, 5.41) is 4.73. The van der Waals surface area contributed by atoms with Crippen LogP contribution in [0.1, 0.15) is 28.9 Å². The van der Waals surface area contributed by atoms with Crippen molar-refractivity contribution in [3.05, 3.63) is 46.9 Å². The van der Waals surface area contributed by atoms with Crippen molar-refractivity contribution in [3.8, 4) is 0 Å². The fourth-order valence-electron chi connectivity index (χ4n) is 2.65. The minimum absolute atomic E-state index is 0.0546. The molecule has 0 spiro atoms. The van der Waals surface area contributed by atoms with Crippen LogP contribution in [0.15, 0.2) is 42.0 Å². The average molecular weight is 315 g/mol. The van der Waals surface area contributed by atoms with Crippen LogP contribution < -0.4 is 5.32 Å². The van der Waals surface area contributed by atoms with Gasteiger partial charge in [0.15, 0.2) is 0 Å². The van der Waals surface area contributed by atoms with Crippen LogP contribution in [-0.4, -0.2) is 34.3 Å². The molecule has 0 aromatic carbocycles. The summed E-state index contributed by atoms with van der Waals surface area (Å²) < 4.78 is 0. The smallest absolute Gasteiger partial charge is 0.264 e. The topological polar surface area (TPSA) is 62.3 Å². The number of nitrogens with zero attached hydrogens (tertiary/aromatic N) is 2. The fourth-order valence-corrected chi connectivity index (χ4v) is 3.33. The van der Waals surface area contributed by atoms with Crippen LogP contribution in [0.25, 0.3) is 0 Å². The number of piperidine rings is 1. The molecular weight excluding hydrogens is 298 g/mol. The van der Waals surface area contributed by atoms with Crippen LogP contribution >= 0.6 is 11.3 Å². The van der Waals surface area contributed by atoms with Gasteiger partial charge in [0.2, 0.25) is 5.91 Å². The lowest BCUT2D eigenvalue weighted by Crippen LogP contribution is -2.49. The summed E-state index contributed by atoms with van der Waals surface area (Å²) in [6.07, 6.45) is 5.85. The van der Waals surface area contributed by atoms with Gasteiger partial charge in [-0.25, -0.2) is 0 Å². The first-order chi connectivity index (χ1) is 10.8. The van der Waals surface area contributed by atoms with Gasteiger partial charge < -0.3 is 10.2 Å². The van der Waals surface area contributed by atoms with Crippen LogP contribution in [0.2, 0.25) is 0 Å². The van der Waals surface area contributed by atoms with Crippen molar-refractivity contribution < 1.29 is 9.59 Å². The summed E-state index contributed by atoms with van der Waals surface area (Å²) in [5.41, 5.74) is 0.654. The van der Waals surface area contributed by atoms with E-state index in [1.165, 1.54) is 11.3 Å². The number of thiophene rings is 1. The number of aromatic nitrogens is 1. The molecule has 1 saturated heterocycles. The normalized spacial score (nSPS) is 18.0. The van der Waals surface area contributed by atoms with Crippen molar-refractivity contribution in [2.75, 3.05) is 11.9 Å². The van der Waals surface area contributed by atoms with Crippen LogP contribution in [0.3, 0.4) is 0 Å². The van der Waals surface area contributed by atoms with Gasteiger partial charge in [0.25, 0.3) is 5.91 Å². The van der Waals surface area contributed by atoms with Gasteiger partial charge in [-0.15, -0.1) is 11.3 Å². The van der Waals surface area contributed by atoms with Crippen molar-refractivity contribution >= 4 is 28.8 Å². The summed E-state index contributed by atoms with van der Waals surface area (Å²) in [7, 11) is 0. The predicted octanol–water partition coefficient (Wildman–Crippen LogP) is 2.78. The molecular formula is C16H17N3O2S. The van der Waals surface area contributed by atoms with Crippen LogP contribution in [0, 0.1) is 0 Å². The first-order valence-corrected chi connectivity index (χ1v) is 8.19. The Labute approximate surface area is 133 Å². The number of nitrogens with one attached hydrogen (secondary N) is 1. The summed E-state index contributed by atoms with van der Waals surface area (Å²) in [6, 6.07) is 6.80. The summed E-state index contributed by atoms with van der Waals surface area (Å²) in [6.45, 7) is 0.627. The number of carbonyl (C=O) groups excluding carboxylic acids is 2. The van der Waals surface area contributed by atoms with Crippen LogP contribution in [0.5, 0.6) is 0 Å². The number of carbonyl (C=O) groups is 2. The summed E-state index contributed by atoms with van der Waals surface area (Å²) in [5.74, 6) is -0.196. The Kier molecular flexibility index (Phi) is 4.48. The van der Waals surface area contributed by atoms with Crippen molar-refractivity contribution in [3.63, 3.8) is 0 Å². The molecule has 1 unspecified atom stereocenters. The molecule has 22 heavy (non-hydrogen) atoms. The van der Waals surface area contributed by atoms with Gasteiger partial charge in [0.05, 0.1) is 16.8 Å². The lowest BCUT2D eigenvalue weighted by Gasteiger charge is -2.34. The number of rotatable bonds is 3. The molecule has 3 rings (SSSR count). The second-order valence-electron chi connectivity index (χ2n) is 5.22. The number of amides is 2. The van der Waals surface area contributed by atoms with E-state index in [2.05, 4.69) is 10.3 Å². The lowest BCUT2D eigenvalue weighted by atomic mass is 10.0. The largest absolute Gasteiger partial charge is 0.326 e. The van der Waals surface area contributed by atoms with Gasteiger partial charge >= 0.3 is 0 Å². The molecule has 5 nitrogen and oxygen atoms in total. The predicted molar refractivity (Wildman–Crippen MR) is 85.9 cm³/mol. The van der Waals surface area contributed by atoms with Gasteiger partial charge in [-0.05, 0) is 42.8 Å². The van der Waals surface area contributed by atoms with E-state index >= 15 is 0 Å². The van der Waals surface area contributed by atoms with E-state index in [0.717, 1.165) is 12.8 Å². The molecule has 0 saturated carbocycles. The molecule has 3 heterocycles. The summed E-state index contributed by atoms with van der Waals surface area (Å²) >= 11 is 1.41. The van der Waals surface area contributed by atoms with E-state index in [1.807, 2.05) is 11.4 Å². The van der Waals surface area contributed by atoms with E-state index in [4.69, 9.17) is 0 Å². The Morgan fingerprint density at radius 3 is 2.91 bits per heavy atom. The molecule has 114 valence electrons. The second kappa shape index (κ2) is 6.70. The first-order valence-electron chi connectivity index (χ1n) is 7.31. The van der Waals surface area contributed by atoms with Gasteiger partial charge in [-0.3, -0.25) is 14.6 Å². The Morgan fingerprint density at radius 1 is 1.27 bits per heavy atom. The molecule has 1 aliphatic heterocycles. The monoisotopic (exact) mass is 315 g/mol. The van der Waals surface area contributed by atoms with Crippen molar-refractivity contribution in [1.82, 2.24) is 9.88 Å². The molecule has 0 radical (unpaired) electrons. The summed E-state index contributed by atoms with van der Waals surface area (Å²) in [4.78, 5) is 31.5. The minimum Gasteiger partial charge on any atom is -0.326 e. The van der Waals surface area contributed by atoms with E-state index in [1.54, 1.807) is 35.5 Å². The van der Waals surface area contributed by atoms with Gasteiger partial charge in [0.1, 0.15) is 6.04 Å². The van der Waals surface area contributed by atoms with Crippen LogP contribution in [0.4, 0.5) is 5.69 Å². The third-order valence-corrected chi connectivity index (χ3v) is 4.59. The maximum absolute atomic E-state index is 12.6. The standard InChI is InChI=1S/C16H17N3O2S/c20-15(18-12-5-3-8-17-11-12)13-6-1-2-9-19(13)16(21)14-7-4-10-22-14/h3-5,7-8,10-11,13H,1-2,6,9H2,(H,18,20). The maximum Gasteiger partial charge on any atom is 0.264 e. The Morgan fingerprint density at radius 2 is 2.18 bits per heavy atom. The average Bonchev–Trinajstić information content (AvgIpc) is 3.09. The van der Waals surface area contributed by atoms with E-state index in [-0.39, 0.29) is 11.8 Å². The highest BCUT2D eigenvalue weighted by Gasteiger charge is 2.33. The third-order valence-electron chi connectivity index (χ3n) is 3.73. The molecule has 6 heteroatoms. The molecule has 0 bridgehead atoms. The molecule has 0 aliphatic carbocycles. The quantitative estimate of drug-likeness (QED) is 0.947. The van der Waals surface area contributed by atoms with Crippen LogP contribution in [-0.2, 0) is 4.79 Å². The molecule has 1 fully saturated rings. The zero-order valence-electron chi connectivity index (χ0n) is 12.1. The van der Waals surface area contributed by atoms with Crippen molar-refractivity contribution in [2.24, 2.45) is 0 Å². The highest BCUT2D eigenvalue weighted by Crippen LogP contribution is 2.22. The number of likely N-dealkylation sites (tertiary alicyclic amines) is 1. The highest BCUT2D eigenvalue weighted by atomic mass is 32.1. The zero-order valence-corrected chi connectivity index (χ0v) is 12.9. The molecule has 1 atom stereocenters. The van der Waals surface area contributed by atoms with Gasteiger partial charge in [0, 0.05) is 12.7 Å². The number of hydrogen-bond acceptors (Lipinski definition) is 4. The van der Waals surface area contributed by atoms with E-state index in [9.17, 15) is 9.59 Å². The molecule has 1 aliphatic rings. The minimum atomic E-state index is -0.413. The fraction of sp³-hybridized carbons (Fsp3) is 0.312. The Bertz CT molecular complexity index is 643. The second-order valence-corrected chi connectivity index (χ2v) is 6.17. The van der Waals surface area contributed by atoms with Crippen molar-refractivity contribution in [1.29, 1.82) is 0 Å². The molecule has 1 N–H and O–H groups in total. The van der Waals surface area contributed by atoms with E-state index < -0.39 is 6.04 Å². The highest BCUT2D eigenvalue weighted by molar-refractivity contribution is 7.12.